The Balaban J connectivity index is 1.31. The van der Waals surface area contributed by atoms with Crippen molar-refractivity contribution >= 4 is 17.5 Å². The fraction of sp³-hybridized carbons (Fsp3) is 0.207. The van der Waals surface area contributed by atoms with Gasteiger partial charge in [0, 0.05) is 30.9 Å². The molecule has 1 fully saturated rings. The van der Waals surface area contributed by atoms with Crippen molar-refractivity contribution in [1.82, 2.24) is 19.8 Å². The number of halogens is 2. The van der Waals surface area contributed by atoms with Gasteiger partial charge in [0.25, 0.3) is 0 Å². The summed E-state index contributed by atoms with van der Waals surface area (Å²) in [6.07, 6.45) is 3.99. The standard InChI is InChI=1S/C29H25ClFN5O2/c30-23-5-1-3-20(12-23)28(21-4-2-6-25(37)13-21)36-10-9-27(29(36)38)34-16-24-15-33-18-35(24)17-19-7-8-22(14-32)26(31)11-19/h1-8,11-13,15,18,27-28,34,37H,9-10,16-17H2. The van der Waals surface area contributed by atoms with Gasteiger partial charge in [0.1, 0.15) is 17.6 Å². The highest BCUT2D eigenvalue weighted by molar-refractivity contribution is 6.30. The Kier molecular flexibility index (Phi) is 7.40. The van der Waals surface area contributed by atoms with Crippen LogP contribution in [0.2, 0.25) is 5.02 Å². The summed E-state index contributed by atoms with van der Waals surface area (Å²) in [5.74, 6) is -0.466. The molecule has 1 aliphatic heterocycles. The van der Waals surface area contributed by atoms with Gasteiger partial charge in [-0.15, -0.1) is 0 Å². The van der Waals surface area contributed by atoms with Crippen molar-refractivity contribution in [2.24, 2.45) is 0 Å². The van der Waals surface area contributed by atoms with E-state index in [1.54, 1.807) is 42.9 Å². The van der Waals surface area contributed by atoms with Crippen molar-refractivity contribution in [2.45, 2.75) is 31.6 Å². The van der Waals surface area contributed by atoms with Crippen molar-refractivity contribution in [3.05, 3.63) is 118 Å². The zero-order chi connectivity index (χ0) is 26.6. The predicted octanol–water partition coefficient (Wildman–Crippen LogP) is 4.78. The summed E-state index contributed by atoms with van der Waals surface area (Å²) in [4.78, 5) is 19.6. The van der Waals surface area contributed by atoms with Gasteiger partial charge in [0.15, 0.2) is 0 Å². The van der Waals surface area contributed by atoms with E-state index in [4.69, 9.17) is 16.9 Å². The molecule has 7 nitrogen and oxygen atoms in total. The SMILES string of the molecule is N#Cc1ccc(Cn2cncc2CNC2CCN(C(c3cccc(O)c3)c3cccc(Cl)c3)C2=O)cc1F. The number of aromatic hydroxyl groups is 1. The first-order valence-corrected chi connectivity index (χ1v) is 12.6. The zero-order valence-electron chi connectivity index (χ0n) is 20.4. The molecule has 0 saturated carbocycles. The van der Waals surface area contributed by atoms with E-state index in [1.807, 2.05) is 39.8 Å². The number of carbonyl (C=O) groups excluding carboxylic acids is 1. The number of nitriles is 1. The molecule has 5 rings (SSSR count). The lowest BCUT2D eigenvalue weighted by Crippen LogP contribution is -2.40. The lowest BCUT2D eigenvalue weighted by atomic mass is 9.97. The first-order chi connectivity index (χ1) is 18.4. The lowest BCUT2D eigenvalue weighted by Gasteiger charge is -2.29. The van der Waals surface area contributed by atoms with E-state index in [0.29, 0.717) is 36.6 Å². The monoisotopic (exact) mass is 529 g/mol. The number of nitrogens with one attached hydrogen (secondary N) is 1. The minimum Gasteiger partial charge on any atom is -0.508 e. The summed E-state index contributed by atoms with van der Waals surface area (Å²) in [6.45, 7) is 1.32. The number of imidazole rings is 1. The highest BCUT2D eigenvalue weighted by Gasteiger charge is 2.37. The highest BCUT2D eigenvalue weighted by atomic mass is 35.5. The second-order valence-electron chi connectivity index (χ2n) is 9.25. The summed E-state index contributed by atoms with van der Waals surface area (Å²) in [5.41, 5.74) is 3.23. The van der Waals surface area contributed by atoms with E-state index in [-0.39, 0.29) is 17.2 Å². The number of carbonyl (C=O) groups is 1. The summed E-state index contributed by atoms with van der Waals surface area (Å²) >= 11 is 6.27. The number of nitrogens with zero attached hydrogens (tertiary/aromatic N) is 4. The fourth-order valence-electron chi connectivity index (χ4n) is 4.88. The second kappa shape index (κ2) is 11.1. The van der Waals surface area contributed by atoms with Gasteiger partial charge in [-0.05, 0) is 59.5 Å². The Hall–Kier alpha value is -4.19. The van der Waals surface area contributed by atoms with Gasteiger partial charge in [0.2, 0.25) is 5.91 Å². The van der Waals surface area contributed by atoms with Crippen LogP contribution in [0.15, 0.2) is 79.3 Å². The Morgan fingerprint density at radius 1 is 1.16 bits per heavy atom. The van der Waals surface area contributed by atoms with E-state index >= 15 is 0 Å². The maximum Gasteiger partial charge on any atom is 0.240 e. The molecular weight excluding hydrogens is 505 g/mol. The van der Waals surface area contributed by atoms with Gasteiger partial charge in [0.05, 0.1) is 29.7 Å². The van der Waals surface area contributed by atoms with E-state index in [9.17, 15) is 14.3 Å². The van der Waals surface area contributed by atoms with Crippen LogP contribution in [-0.2, 0) is 17.9 Å². The molecular formula is C29H25ClFN5O2. The largest absolute Gasteiger partial charge is 0.508 e. The maximum atomic E-state index is 14.0. The van der Waals surface area contributed by atoms with Crippen molar-refractivity contribution < 1.29 is 14.3 Å². The van der Waals surface area contributed by atoms with E-state index in [0.717, 1.165) is 16.8 Å². The average Bonchev–Trinajstić information content (AvgIpc) is 3.49. The summed E-state index contributed by atoms with van der Waals surface area (Å²) in [6, 6.07) is 19.9. The molecule has 2 heterocycles. The molecule has 1 amide bonds. The molecule has 0 aliphatic carbocycles. The van der Waals surface area contributed by atoms with Crippen LogP contribution in [-0.4, -0.2) is 38.1 Å². The van der Waals surface area contributed by atoms with Gasteiger partial charge in [-0.25, -0.2) is 9.37 Å². The fourth-order valence-corrected chi connectivity index (χ4v) is 5.08. The number of phenolic OH excluding ortho intramolecular Hbond substituents is 1. The van der Waals surface area contributed by atoms with Crippen LogP contribution in [0.5, 0.6) is 5.75 Å². The van der Waals surface area contributed by atoms with Crippen LogP contribution in [0, 0.1) is 17.1 Å². The maximum absolute atomic E-state index is 14.0. The van der Waals surface area contributed by atoms with Crippen LogP contribution < -0.4 is 5.32 Å². The smallest absolute Gasteiger partial charge is 0.240 e. The third-order valence-electron chi connectivity index (χ3n) is 6.74. The lowest BCUT2D eigenvalue weighted by molar-refractivity contribution is -0.130. The number of hydrogen-bond donors (Lipinski definition) is 2. The molecule has 0 spiro atoms. The molecule has 4 aromatic rings. The van der Waals surface area contributed by atoms with Crippen LogP contribution in [0.4, 0.5) is 4.39 Å². The summed E-state index contributed by atoms with van der Waals surface area (Å²) in [5, 5.41) is 23.0. The van der Waals surface area contributed by atoms with Gasteiger partial charge in [-0.2, -0.15) is 5.26 Å². The van der Waals surface area contributed by atoms with Gasteiger partial charge in [-0.1, -0.05) is 41.9 Å². The number of amides is 1. The Morgan fingerprint density at radius 3 is 2.68 bits per heavy atom. The molecule has 2 N–H and O–H groups in total. The molecule has 192 valence electrons. The van der Waals surface area contributed by atoms with E-state index in [2.05, 4.69) is 10.3 Å². The normalized spacial score (nSPS) is 16.0. The van der Waals surface area contributed by atoms with Crippen molar-refractivity contribution in [3.8, 4) is 11.8 Å². The molecule has 1 aromatic heterocycles. The average molecular weight is 530 g/mol. The van der Waals surface area contributed by atoms with E-state index in [1.165, 1.54) is 12.1 Å². The minimum absolute atomic E-state index is 0.00682. The zero-order valence-corrected chi connectivity index (χ0v) is 21.1. The number of likely N-dealkylation sites (tertiary alicyclic amines) is 1. The number of rotatable bonds is 8. The summed E-state index contributed by atoms with van der Waals surface area (Å²) < 4.78 is 15.9. The molecule has 0 bridgehead atoms. The number of benzene rings is 3. The first-order valence-electron chi connectivity index (χ1n) is 12.2. The minimum atomic E-state index is -0.553. The van der Waals surface area contributed by atoms with E-state index < -0.39 is 17.9 Å². The number of hydrogen-bond acceptors (Lipinski definition) is 5. The van der Waals surface area contributed by atoms with Gasteiger partial charge in [-0.3, -0.25) is 4.79 Å². The Labute approximate surface area is 224 Å². The van der Waals surface area contributed by atoms with Crippen LogP contribution >= 0.6 is 11.6 Å². The van der Waals surface area contributed by atoms with Crippen LogP contribution in [0.25, 0.3) is 0 Å². The van der Waals surface area contributed by atoms with Crippen molar-refractivity contribution in [2.75, 3.05) is 6.54 Å². The molecule has 2 unspecified atom stereocenters. The molecule has 38 heavy (non-hydrogen) atoms. The van der Waals surface area contributed by atoms with Crippen molar-refractivity contribution in [1.29, 1.82) is 5.26 Å². The molecule has 1 aliphatic rings. The molecule has 9 heteroatoms. The molecule has 0 radical (unpaired) electrons. The number of aromatic nitrogens is 2. The topological polar surface area (TPSA) is 94.2 Å². The number of phenols is 1. The first kappa shape index (κ1) is 25.5. The quantitative estimate of drug-likeness (QED) is 0.342. The third-order valence-corrected chi connectivity index (χ3v) is 6.97. The second-order valence-corrected chi connectivity index (χ2v) is 9.68. The molecule has 3 aromatic carbocycles. The Morgan fingerprint density at radius 2 is 1.95 bits per heavy atom. The third kappa shape index (κ3) is 5.40. The van der Waals surface area contributed by atoms with Crippen LogP contribution in [0.1, 0.15) is 40.4 Å². The summed E-state index contributed by atoms with van der Waals surface area (Å²) in [7, 11) is 0. The van der Waals surface area contributed by atoms with Gasteiger partial charge < -0.3 is 19.9 Å². The molecule has 2 atom stereocenters. The Bertz CT molecular complexity index is 1470. The van der Waals surface area contributed by atoms with Crippen molar-refractivity contribution in [3.63, 3.8) is 0 Å². The highest BCUT2D eigenvalue weighted by Crippen LogP contribution is 2.34. The molecule has 1 saturated heterocycles. The van der Waals surface area contributed by atoms with Crippen LogP contribution in [0.3, 0.4) is 0 Å². The van der Waals surface area contributed by atoms with Gasteiger partial charge >= 0.3 is 0 Å². The predicted molar refractivity (Wildman–Crippen MR) is 141 cm³/mol.